The van der Waals surface area contributed by atoms with Gasteiger partial charge in [0.05, 0.1) is 23.7 Å². The number of anilines is 2. The summed E-state index contributed by atoms with van der Waals surface area (Å²) in [5, 5.41) is 0. The van der Waals surface area contributed by atoms with Crippen molar-refractivity contribution in [2.75, 3.05) is 11.9 Å². The summed E-state index contributed by atoms with van der Waals surface area (Å²) in [6.07, 6.45) is 2.10. The highest BCUT2D eigenvalue weighted by Gasteiger charge is 2.15. The molecule has 6 heteroatoms. The van der Waals surface area contributed by atoms with Gasteiger partial charge in [-0.15, -0.1) is 0 Å². The molecule has 0 saturated heterocycles. The van der Waals surface area contributed by atoms with Crippen molar-refractivity contribution in [2.45, 2.75) is 20.2 Å². The van der Waals surface area contributed by atoms with Crippen molar-refractivity contribution in [3.05, 3.63) is 42.4 Å². The maximum Gasteiger partial charge on any atom is 0.235 e. The van der Waals surface area contributed by atoms with Gasteiger partial charge in [0.1, 0.15) is 17.1 Å². The van der Waals surface area contributed by atoms with Crippen molar-refractivity contribution in [1.29, 1.82) is 0 Å². The number of hydrogen-bond donors (Lipinski definition) is 0. The van der Waals surface area contributed by atoms with Gasteiger partial charge >= 0.3 is 0 Å². The molecule has 23 heavy (non-hydrogen) atoms. The molecule has 1 unspecified atom stereocenters. The van der Waals surface area contributed by atoms with Gasteiger partial charge in [0.25, 0.3) is 0 Å². The number of aromatic nitrogens is 3. The molecular formula is C17H19FN4O. The zero-order valence-corrected chi connectivity index (χ0v) is 13.6. The Morgan fingerprint density at radius 3 is 2.78 bits per heavy atom. The van der Waals surface area contributed by atoms with E-state index in [1.54, 1.807) is 12.5 Å². The van der Waals surface area contributed by atoms with E-state index in [0.717, 1.165) is 28.1 Å². The highest BCUT2D eigenvalue weighted by molar-refractivity contribution is 5.79. The summed E-state index contributed by atoms with van der Waals surface area (Å²) in [6.45, 7) is 3.31. The van der Waals surface area contributed by atoms with E-state index in [9.17, 15) is 4.39 Å². The molecule has 0 aliphatic carbocycles. The first-order chi connectivity index (χ1) is 11.0. The molecule has 0 bridgehead atoms. The summed E-state index contributed by atoms with van der Waals surface area (Å²) in [5.74, 6) is 1.23. The molecule has 0 aliphatic heterocycles. The fourth-order valence-corrected chi connectivity index (χ4v) is 2.49. The zero-order chi connectivity index (χ0) is 16.6. The fourth-order valence-electron chi connectivity index (χ4n) is 2.49. The molecule has 2 aromatic heterocycles. The van der Waals surface area contributed by atoms with Gasteiger partial charge in [-0.1, -0.05) is 6.07 Å². The van der Waals surface area contributed by atoms with Gasteiger partial charge in [-0.05, 0) is 24.6 Å². The van der Waals surface area contributed by atoms with Gasteiger partial charge in [-0.3, -0.25) is 0 Å². The van der Waals surface area contributed by atoms with Crippen LogP contribution in [0.4, 0.5) is 15.9 Å². The minimum atomic E-state index is -1.38. The van der Waals surface area contributed by atoms with Crippen molar-refractivity contribution in [2.24, 2.45) is 7.05 Å². The Kier molecular flexibility index (Phi) is 3.90. The lowest BCUT2D eigenvalue weighted by atomic mass is 10.2. The summed E-state index contributed by atoms with van der Waals surface area (Å²) < 4.78 is 20.6. The first-order valence-electron chi connectivity index (χ1n) is 7.38. The van der Waals surface area contributed by atoms with E-state index in [4.69, 9.17) is 4.74 Å². The second-order valence-electron chi connectivity index (χ2n) is 5.58. The maximum atomic E-state index is 13.3. The maximum absolute atomic E-state index is 13.3. The molecule has 5 nitrogen and oxygen atoms in total. The summed E-state index contributed by atoms with van der Waals surface area (Å²) in [4.78, 5) is 10.6. The Hall–Kier alpha value is -2.63. The molecule has 0 amide bonds. The van der Waals surface area contributed by atoms with E-state index in [1.807, 2.05) is 54.8 Å². The van der Waals surface area contributed by atoms with E-state index in [-0.39, 0.29) is 0 Å². The Labute approximate surface area is 134 Å². The van der Waals surface area contributed by atoms with Crippen LogP contribution < -0.4 is 9.64 Å². The van der Waals surface area contributed by atoms with Crippen LogP contribution >= 0.6 is 0 Å². The number of aryl methyl sites for hydroxylation is 2. The number of benzene rings is 1. The lowest BCUT2D eigenvalue weighted by Crippen LogP contribution is -2.14. The Bertz CT molecular complexity index is 844. The minimum absolute atomic E-state index is 0.495. The normalized spacial score (nSPS) is 12.4. The van der Waals surface area contributed by atoms with Crippen molar-refractivity contribution < 1.29 is 9.13 Å². The van der Waals surface area contributed by atoms with Crippen LogP contribution in [0.1, 0.15) is 12.5 Å². The number of nitrogens with zero attached hydrogens (tertiary/aromatic N) is 4. The fraction of sp³-hybridized carbons (Fsp3) is 0.294. The predicted octanol–water partition coefficient (Wildman–Crippen LogP) is 3.74. The third kappa shape index (κ3) is 2.97. The average Bonchev–Trinajstić information content (AvgIpc) is 2.87. The molecule has 0 fully saturated rings. The summed E-state index contributed by atoms with van der Waals surface area (Å²) in [7, 11) is 3.81. The molecule has 0 radical (unpaired) electrons. The van der Waals surface area contributed by atoms with Crippen molar-refractivity contribution in [3.63, 3.8) is 0 Å². The first kappa shape index (κ1) is 15.3. The Morgan fingerprint density at radius 1 is 1.26 bits per heavy atom. The van der Waals surface area contributed by atoms with Gasteiger partial charge in [-0.25, -0.2) is 14.4 Å². The van der Waals surface area contributed by atoms with E-state index in [1.165, 1.54) is 6.92 Å². The van der Waals surface area contributed by atoms with Crippen molar-refractivity contribution in [3.8, 4) is 5.75 Å². The van der Waals surface area contributed by atoms with Gasteiger partial charge in [0.2, 0.25) is 6.36 Å². The second kappa shape index (κ2) is 5.87. The topological polar surface area (TPSA) is 43.2 Å². The molecule has 1 atom stereocenters. The molecule has 1 aromatic carbocycles. The van der Waals surface area contributed by atoms with E-state index in [0.29, 0.717) is 5.75 Å². The Morgan fingerprint density at radius 2 is 2.04 bits per heavy atom. The van der Waals surface area contributed by atoms with Gasteiger partial charge < -0.3 is 14.2 Å². The largest absolute Gasteiger partial charge is 0.459 e. The monoisotopic (exact) mass is 314 g/mol. The van der Waals surface area contributed by atoms with Gasteiger partial charge in [0.15, 0.2) is 0 Å². The highest BCUT2D eigenvalue weighted by atomic mass is 19.1. The van der Waals surface area contributed by atoms with E-state index < -0.39 is 6.36 Å². The van der Waals surface area contributed by atoms with Crippen LogP contribution in [-0.2, 0) is 7.05 Å². The van der Waals surface area contributed by atoms with Crippen LogP contribution in [0.5, 0.6) is 5.75 Å². The van der Waals surface area contributed by atoms with Gasteiger partial charge in [-0.2, -0.15) is 0 Å². The minimum Gasteiger partial charge on any atom is -0.459 e. The number of fused-ring (bicyclic) bond motifs is 1. The number of pyridine rings is 1. The van der Waals surface area contributed by atoms with Crippen LogP contribution in [0.2, 0.25) is 0 Å². The standard InChI is InChI=1S/C17H19FN4O/c1-11-5-6-14(16(7-11)23-12(2)18)22(4)17-8-15-13(9-19-17)20-10-21(15)3/h5-10,12H,1-4H3. The molecule has 0 aliphatic rings. The molecule has 2 heterocycles. The molecule has 3 aromatic rings. The third-order valence-electron chi connectivity index (χ3n) is 3.71. The summed E-state index contributed by atoms with van der Waals surface area (Å²) in [5.41, 5.74) is 3.58. The molecule has 0 spiro atoms. The number of halogens is 1. The number of imidazole rings is 1. The first-order valence-corrected chi connectivity index (χ1v) is 7.38. The number of rotatable bonds is 4. The number of alkyl halides is 1. The van der Waals surface area contributed by atoms with Crippen molar-refractivity contribution in [1.82, 2.24) is 14.5 Å². The predicted molar refractivity (Wildman–Crippen MR) is 88.9 cm³/mol. The summed E-state index contributed by atoms with van der Waals surface area (Å²) in [6, 6.07) is 7.64. The van der Waals surface area contributed by atoms with Crippen LogP contribution in [0.3, 0.4) is 0 Å². The van der Waals surface area contributed by atoms with Crippen LogP contribution in [0, 0.1) is 6.92 Å². The van der Waals surface area contributed by atoms with Crippen LogP contribution in [0.15, 0.2) is 36.8 Å². The number of hydrogen-bond acceptors (Lipinski definition) is 4. The average molecular weight is 314 g/mol. The van der Waals surface area contributed by atoms with Crippen LogP contribution in [0.25, 0.3) is 11.0 Å². The quantitative estimate of drug-likeness (QED) is 0.736. The van der Waals surface area contributed by atoms with Crippen LogP contribution in [-0.4, -0.2) is 27.9 Å². The summed E-state index contributed by atoms with van der Waals surface area (Å²) >= 11 is 0. The molecule has 3 rings (SSSR count). The number of ether oxygens (including phenoxy) is 1. The van der Waals surface area contributed by atoms with Crippen molar-refractivity contribution >= 4 is 22.5 Å². The van der Waals surface area contributed by atoms with Gasteiger partial charge in [0, 0.05) is 27.1 Å². The second-order valence-corrected chi connectivity index (χ2v) is 5.58. The lowest BCUT2D eigenvalue weighted by molar-refractivity contribution is 0.0866. The molecule has 0 saturated carbocycles. The molecule has 0 N–H and O–H groups in total. The zero-order valence-electron chi connectivity index (χ0n) is 13.6. The third-order valence-corrected chi connectivity index (χ3v) is 3.71. The SMILES string of the molecule is Cc1ccc(N(C)c2cc3c(cn2)ncn3C)c(OC(C)F)c1. The molecule has 120 valence electrons. The smallest absolute Gasteiger partial charge is 0.235 e. The van der Waals surface area contributed by atoms with E-state index >= 15 is 0 Å². The van der Waals surface area contributed by atoms with E-state index in [2.05, 4.69) is 9.97 Å². The molecular weight excluding hydrogens is 295 g/mol. The Balaban J connectivity index is 2.04. The highest BCUT2D eigenvalue weighted by Crippen LogP contribution is 2.34. The lowest BCUT2D eigenvalue weighted by Gasteiger charge is -2.22.